The minimum atomic E-state index is -1.42. The number of ether oxygens (including phenoxy) is 1. The molecule has 2 unspecified atom stereocenters. The number of benzene rings is 1. The van der Waals surface area contributed by atoms with E-state index in [1.807, 2.05) is 0 Å². The Bertz CT molecular complexity index is 514. The Morgan fingerprint density at radius 1 is 1.43 bits per heavy atom. The van der Waals surface area contributed by atoms with Gasteiger partial charge >= 0.3 is 5.97 Å². The van der Waals surface area contributed by atoms with E-state index in [9.17, 15) is 13.4 Å². The quantitative estimate of drug-likeness (QED) is 0.820. The van der Waals surface area contributed by atoms with Gasteiger partial charge in [-0.1, -0.05) is 12.1 Å². The van der Waals surface area contributed by atoms with Crippen molar-refractivity contribution in [3.05, 3.63) is 35.6 Å². The van der Waals surface area contributed by atoms with Gasteiger partial charge in [0.1, 0.15) is 11.9 Å². The Kier molecular flexibility index (Phi) is 6.48. The fourth-order valence-electron chi connectivity index (χ4n) is 1.62. The molecule has 0 radical (unpaired) electrons. The summed E-state index contributed by atoms with van der Waals surface area (Å²) in [6.07, 6.45) is 0.221. The van der Waals surface area contributed by atoms with Crippen molar-refractivity contribution in [1.29, 1.82) is 0 Å². The Hall–Kier alpha value is -1.27. The number of nitrogens with one attached hydrogen (secondary N) is 1. The molecule has 0 aliphatic heterocycles. The zero-order valence-electron chi connectivity index (χ0n) is 12.8. The smallest absolute Gasteiger partial charge is 0.324 e. The molecule has 0 spiro atoms. The van der Waals surface area contributed by atoms with Crippen LogP contribution in [0.15, 0.2) is 24.3 Å². The zero-order chi connectivity index (χ0) is 16.0. The zero-order valence-corrected chi connectivity index (χ0v) is 13.6. The van der Waals surface area contributed by atoms with Gasteiger partial charge in [0.2, 0.25) is 0 Å². The van der Waals surface area contributed by atoms with Crippen molar-refractivity contribution in [2.24, 2.45) is 0 Å². The van der Waals surface area contributed by atoms with E-state index in [1.54, 1.807) is 39.8 Å². The second kappa shape index (κ2) is 7.66. The highest BCUT2D eigenvalue weighted by molar-refractivity contribution is 7.84. The van der Waals surface area contributed by atoms with Gasteiger partial charge in [-0.15, -0.1) is 0 Å². The molecular formula is C15H22FNO3S. The van der Waals surface area contributed by atoms with Gasteiger partial charge in [0.15, 0.2) is 0 Å². The monoisotopic (exact) mass is 315 g/mol. The Labute approximate surface area is 127 Å². The standard InChI is InChI=1S/C15H22FNO3S/c1-5-20-14(18)13(17-21(19)15(2,3)4)10-11-7-6-8-12(16)9-11/h6-9,13,17H,5,10H2,1-4H3. The molecule has 0 heterocycles. The molecule has 0 aromatic heterocycles. The lowest BCUT2D eigenvalue weighted by molar-refractivity contribution is -0.145. The third-order valence-corrected chi connectivity index (χ3v) is 4.32. The summed E-state index contributed by atoms with van der Waals surface area (Å²) in [7, 11) is -1.42. The van der Waals surface area contributed by atoms with Crippen molar-refractivity contribution in [3.8, 4) is 0 Å². The molecule has 0 amide bonds. The average molecular weight is 315 g/mol. The van der Waals surface area contributed by atoms with Gasteiger partial charge in [0, 0.05) is 0 Å². The summed E-state index contributed by atoms with van der Waals surface area (Å²) in [5.74, 6) is -0.855. The molecule has 0 saturated carbocycles. The molecule has 21 heavy (non-hydrogen) atoms. The van der Waals surface area contributed by atoms with Crippen molar-refractivity contribution in [1.82, 2.24) is 4.72 Å². The molecule has 1 N–H and O–H groups in total. The van der Waals surface area contributed by atoms with Crippen LogP contribution in [0.1, 0.15) is 33.3 Å². The Morgan fingerprint density at radius 2 is 2.10 bits per heavy atom. The number of carbonyl (C=O) groups is 1. The molecule has 0 saturated heterocycles. The van der Waals surface area contributed by atoms with E-state index in [2.05, 4.69) is 4.72 Å². The third kappa shape index (κ3) is 5.93. The number of halogens is 1. The molecule has 0 bridgehead atoms. The lowest BCUT2D eigenvalue weighted by atomic mass is 10.1. The Morgan fingerprint density at radius 3 is 2.62 bits per heavy atom. The summed E-state index contributed by atoms with van der Waals surface area (Å²) in [5, 5.41) is 0. The second-order valence-corrected chi connectivity index (χ2v) is 7.64. The van der Waals surface area contributed by atoms with Crippen molar-refractivity contribution >= 4 is 17.0 Å². The highest BCUT2D eigenvalue weighted by Gasteiger charge is 2.27. The van der Waals surface area contributed by atoms with Crippen LogP contribution in [0.2, 0.25) is 0 Å². The van der Waals surface area contributed by atoms with Crippen LogP contribution >= 0.6 is 0 Å². The van der Waals surface area contributed by atoms with Gasteiger partial charge in [-0.2, -0.15) is 0 Å². The van der Waals surface area contributed by atoms with Crippen molar-refractivity contribution in [2.45, 2.75) is 44.9 Å². The fraction of sp³-hybridized carbons (Fsp3) is 0.533. The Balaban J connectivity index is 2.87. The molecule has 0 aliphatic rings. The molecule has 0 fully saturated rings. The van der Waals surface area contributed by atoms with Crippen LogP contribution in [-0.4, -0.2) is 27.6 Å². The maximum Gasteiger partial charge on any atom is 0.324 e. The van der Waals surface area contributed by atoms with E-state index in [0.29, 0.717) is 5.56 Å². The fourth-order valence-corrected chi connectivity index (χ4v) is 2.41. The van der Waals surface area contributed by atoms with Crippen LogP contribution in [-0.2, 0) is 26.9 Å². The molecule has 4 nitrogen and oxygen atoms in total. The summed E-state index contributed by atoms with van der Waals surface area (Å²) in [6.45, 7) is 7.36. The van der Waals surface area contributed by atoms with Crippen molar-refractivity contribution in [3.63, 3.8) is 0 Å². The highest BCUT2D eigenvalue weighted by atomic mass is 32.2. The summed E-state index contributed by atoms with van der Waals surface area (Å²) in [4.78, 5) is 12.0. The van der Waals surface area contributed by atoms with Crippen LogP contribution in [0.25, 0.3) is 0 Å². The number of rotatable bonds is 6. The van der Waals surface area contributed by atoms with Crippen LogP contribution in [0, 0.1) is 5.82 Å². The van der Waals surface area contributed by atoms with Gasteiger partial charge < -0.3 is 4.74 Å². The third-order valence-electron chi connectivity index (χ3n) is 2.71. The van der Waals surface area contributed by atoms with E-state index < -0.39 is 27.7 Å². The minimum absolute atomic E-state index is 0.221. The van der Waals surface area contributed by atoms with E-state index in [4.69, 9.17) is 4.74 Å². The van der Waals surface area contributed by atoms with Crippen molar-refractivity contribution in [2.75, 3.05) is 6.61 Å². The van der Waals surface area contributed by atoms with E-state index in [-0.39, 0.29) is 18.8 Å². The number of hydrogen-bond acceptors (Lipinski definition) is 3. The summed E-state index contributed by atoms with van der Waals surface area (Å²) in [6, 6.07) is 5.22. The van der Waals surface area contributed by atoms with Gasteiger partial charge in [0.05, 0.1) is 22.3 Å². The summed E-state index contributed by atoms with van der Waals surface area (Å²) < 4.78 is 32.6. The van der Waals surface area contributed by atoms with E-state index in [0.717, 1.165) is 0 Å². The first kappa shape index (κ1) is 17.8. The molecule has 1 aromatic carbocycles. The predicted molar refractivity (Wildman–Crippen MR) is 81.6 cm³/mol. The van der Waals surface area contributed by atoms with Crippen LogP contribution in [0.4, 0.5) is 4.39 Å². The second-order valence-electron chi connectivity index (χ2n) is 5.64. The first-order valence-corrected chi connectivity index (χ1v) is 7.98. The lowest BCUT2D eigenvalue weighted by Gasteiger charge is -2.23. The molecule has 6 heteroatoms. The van der Waals surface area contributed by atoms with Gasteiger partial charge in [0.25, 0.3) is 0 Å². The van der Waals surface area contributed by atoms with Crippen LogP contribution in [0.5, 0.6) is 0 Å². The number of esters is 1. The normalized spacial score (nSPS) is 14.5. The average Bonchev–Trinajstić information content (AvgIpc) is 2.37. The highest BCUT2D eigenvalue weighted by Crippen LogP contribution is 2.13. The van der Waals surface area contributed by atoms with E-state index >= 15 is 0 Å². The molecular weight excluding hydrogens is 293 g/mol. The minimum Gasteiger partial charge on any atom is -0.465 e. The number of hydrogen-bond donors (Lipinski definition) is 1. The van der Waals surface area contributed by atoms with Crippen LogP contribution < -0.4 is 4.72 Å². The lowest BCUT2D eigenvalue weighted by Crippen LogP contribution is -2.45. The molecule has 118 valence electrons. The maximum atomic E-state index is 13.2. The van der Waals surface area contributed by atoms with Crippen LogP contribution in [0.3, 0.4) is 0 Å². The molecule has 1 aromatic rings. The first-order chi connectivity index (χ1) is 9.74. The molecule has 2 atom stereocenters. The van der Waals surface area contributed by atoms with Crippen molar-refractivity contribution < 1.29 is 18.1 Å². The van der Waals surface area contributed by atoms with Gasteiger partial charge in [-0.25, -0.2) is 13.3 Å². The summed E-state index contributed by atoms with van der Waals surface area (Å²) in [5.41, 5.74) is 0.645. The SMILES string of the molecule is CCOC(=O)C(Cc1cccc(F)c1)NS(=O)C(C)(C)C. The maximum absolute atomic E-state index is 13.2. The van der Waals surface area contributed by atoms with Gasteiger partial charge in [-0.3, -0.25) is 4.79 Å². The largest absolute Gasteiger partial charge is 0.465 e. The predicted octanol–water partition coefficient (Wildman–Crippen LogP) is 2.35. The van der Waals surface area contributed by atoms with E-state index in [1.165, 1.54) is 12.1 Å². The topological polar surface area (TPSA) is 55.4 Å². The summed E-state index contributed by atoms with van der Waals surface area (Å²) >= 11 is 0. The van der Waals surface area contributed by atoms with Gasteiger partial charge in [-0.05, 0) is 51.8 Å². The molecule has 1 rings (SSSR count). The first-order valence-electron chi connectivity index (χ1n) is 6.83. The molecule has 0 aliphatic carbocycles. The number of carbonyl (C=O) groups excluding carboxylic acids is 1.